The monoisotopic (exact) mass is 486 g/mol. The third-order valence-electron chi connectivity index (χ3n) is 4.10. The normalized spacial score (nSPS) is 11.0. The molecular formula is C24H26F4O6. The number of ether oxygens (including phenoxy) is 1. The largest absolute Gasteiger partial charge is 0.480 e. The Kier molecular flexibility index (Phi) is 12.4. The summed E-state index contributed by atoms with van der Waals surface area (Å²) in [7, 11) is 1.22. The van der Waals surface area contributed by atoms with E-state index in [4.69, 9.17) is 14.3 Å². The Morgan fingerprint density at radius 2 is 1.09 bits per heavy atom. The van der Waals surface area contributed by atoms with E-state index in [1.807, 2.05) is 60.7 Å². The standard InChI is InChI=1S/C18H18O4.2C3H4F2O/c1-22-17(21)18(16(19)20,12-14-8-4-2-5-9-14)13-15-10-6-3-7-11-15;2*1-3(4,5)2-6/h2-11H,12-13H2,1H3,(H,19,20);2*2H,1H3. The topological polar surface area (TPSA) is 97.7 Å². The molecular weight excluding hydrogens is 460 g/mol. The number of carbonyl (C=O) groups excluding carboxylic acids is 3. The fraction of sp³-hybridized carbons (Fsp3) is 0.333. The van der Waals surface area contributed by atoms with Gasteiger partial charge in [0.25, 0.3) is 11.8 Å². The molecule has 0 heterocycles. The smallest absolute Gasteiger partial charge is 0.323 e. The summed E-state index contributed by atoms with van der Waals surface area (Å²) < 4.78 is 49.1. The van der Waals surface area contributed by atoms with Crippen LogP contribution in [0, 0.1) is 5.41 Å². The molecule has 10 heteroatoms. The van der Waals surface area contributed by atoms with E-state index < -0.39 is 41.8 Å². The van der Waals surface area contributed by atoms with Crippen molar-refractivity contribution in [2.24, 2.45) is 5.41 Å². The maximum atomic E-state index is 12.3. The average molecular weight is 486 g/mol. The van der Waals surface area contributed by atoms with Gasteiger partial charge in [-0.05, 0) is 24.0 Å². The van der Waals surface area contributed by atoms with Crippen LogP contribution in [0.5, 0.6) is 0 Å². The number of carboxylic acids is 1. The number of aliphatic carboxylic acids is 1. The molecule has 2 rings (SSSR count). The van der Waals surface area contributed by atoms with E-state index in [0.717, 1.165) is 11.1 Å². The Bertz CT molecular complexity index is 847. The second-order valence-electron chi connectivity index (χ2n) is 7.35. The number of carboxylic acid groups (broad SMARTS) is 1. The molecule has 0 aliphatic carbocycles. The quantitative estimate of drug-likeness (QED) is 0.257. The molecule has 34 heavy (non-hydrogen) atoms. The van der Waals surface area contributed by atoms with Gasteiger partial charge in [0.1, 0.15) is 0 Å². The number of hydrogen-bond acceptors (Lipinski definition) is 5. The first kappa shape index (κ1) is 30.4. The zero-order valence-electron chi connectivity index (χ0n) is 18.8. The summed E-state index contributed by atoms with van der Waals surface area (Å²) in [6.07, 6.45) is -0.616. The van der Waals surface area contributed by atoms with Gasteiger partial charge in [0, 0.05) is 13.8 Å². The van der Waals surface area contributed by atoms with E-state index in [-0.39, 0.29) is 12.8 Å². The Labute approximate surface area is 194 Å². The van der Waals surface area contributed by atoms with Gasteiger partial charge in [-0.25, -0.2) is 0 Å². The van der Waals surface area contributed by atoms with Crippen molar-refractivity contribution in [3.63, 3.8) is 0 Å². The highest BCUT2D eigenvalue weighted by atomic mass is 19.3. The van der Waals surface area contributed by atoms with Crippen molar-refractivity contribution in [1.29, 1.82) is 0 Å². The highest BCUT2D eigenvalue weighted by Gasteiger charge is 2.47. The van der Waals surface area contributed by atoms with Crippen LogP contribution in [0.4, 0.5) is 17.6 Å². The Balaban J connectivity index is 0.000000750. The van der Waals surface area contributed by atoms with Crippen LogP contribution < -0.4 is 0 Å². The average Bonchev–Trinajstić information content (AvgIpc) is 2.79. The highest BCUT2D eigenvalue weighted by Crippen LogP contribution is 2.30. The molecule has 0 saturated carbocycles. The number of rotatable bonds is 8. The molecule has 1 N–H and O–H groups in total. The van der Waals surface area contributed by atoms with Gasteiger partial charge in [-0.1, -0.05) is 60.7 Å². The van der Waals surface area contributed by atoms with Crippen molar-refractivity contribution in [2.75, 3.05) is 7.11 Å². The van der Waals surface area contributed by atoms with Crippen molar-refractivity contribution in [3.05, 3.63) is 71.8 Å². The molecule has 0 aliphatic heterocycles. The predicted molar refractivity (Wildman–Crippen MR) is 116 cm³/mol. The molecule has 0 aliphatic rings. The maximum Gasteiger partial charge on any atom is 0.323 e. The molecule has 0 radical (unpaired) electrons. The second kappa shape index (κ2) is 13.9. The fourth-order valence-electron chi connectivity index (χ4n) is 2.53. The molecule has 6 nitrogen and oxygen atoms in total. The van der Waals surface area contributed by atoms with Crippen molar-refractivity contribution < 1.29 is 46.6 Å². The first-order valence-corrected chi connectivity index (χ1v) is 9.78. The SMILES string of the molecule is CC(F)(F)C=O.CC(F)(F)C=O.COC(=O)C(Cc1ccccc1)(Cc1ccccc1)C(=O)O. The number of esters is 1. The summed E-state index contributed by atoms with van der Waals surface area (Å²) in [6, 6.07) is 18.2. The number of alkyl halides is 4. The van der Waals surface area contributed by atoms with Crippen molar-refractivity contribution in [1.82, 2.24) is 0 Å². The number of carbonyl (C=O) groups is 4. The molecule has 0 amide bonds. The van der Waals surface area contributed by atoms with E-state index in [0.29, 0.717) is 13.8 Å². The van der Waals surface area contributed by atoms with E-state index in [1.165, 1.54) is 7.11 Å². The lowest BCUT2D eigenvalue weighted by Crippen LogP contribution is -2.44. The van der Waals surface area contributed by atoms with E-state index in [2.05, 4.69) is 0 Å². The first-order chi connectivity index (χ1) is 15.7. The Morgan fingerprint density at radius 1 is 0.794 bits per heavy atom. The third kappa shape index (κ3) is 11.9. The number of halogens is 4. The van der Waals surface area contributed by atoms with Gasteiger partial charge in [-0.3, -0.25) is 19.2 Å². The molecule has 0 unspecified atom stereocenters. The van der Waals surface area contributed by atoms with Crippen LogP contribution in [0.1, 0.15) is 25.0 Å². The Morgan fingerprint density at radius 3 is 1.29 bits per heavy atom. The summed E-state index contributed by atoms with van der Waals surface area (Å²) in [5.74, 6) is -8.18. The van der Waals surface area contributed by atoms with Crippen LogP contribution in [0.25, 0.3) is 0 Å². The summed E-state index contributed by atoms with van der Waals surface area (Å²) in [5, 5.41) is 9.75. The summed E-state index contributed by atoms with van der Waals surface area (Å²) in [5.41, 5.74) is -0.0604. The fourth-order valence-corrected chi connectivity index (χ4v) is 2.53. The predicted octanol–water partition coefficient (Wildman–Crippen LogP) is 4.40. The number of hydrogen-bond donors (Lipinski definition) is 1. The third-order valence-corrected chi connectivity index (χ3v) is 4.10. The molecule has 0 aromatic heterocycles. The molecule has 0 atom stereocenters. The van der Waals surface area contributed by atoms with Gasteiger partial charge in [0.15, 0.2) is 18.0 Å². The lowest BCUT2D eigenvalue weighted by atomic mass is 9.76. The first-order valence-electron chi connectivity index (χ1n) is 9.78. The van der Waals surface area contributed by atoms with Gasteiger partial charge >= 0.3 is 11.9 Å². The molecule has 0 fully saturated rings. The number of methoxy groups -OCH3 is 1. The van der Waals surface area contributed by atoms with Gasteiger partial charge in [0.2, 0.25) is 0 Å². The highest BCUT2D eigenvalue weighted by molar-refractivity contribution is 5.99. The van der Waals surface area contributed by atoms with Crippen LogP contribution in [0.15, 0.2) is 60.7 Å². The van der Waals surface area contributed by atoms with E-state index in [1.54, 1.807) is 0 Å². The van der Waals surface area contributed by atoms with Gasteiger partial charge in [-0.15, -0.1) is 0 Å². The lowest BCUT2D eigenvalue weighted by molar-refractivity contribution is -0.167. The minimum Gasteiger partial charge on any atom is -0.480 e. The second-order valence-corrected chi connectivity index (χ2v) is 7.35. The van der Waals surface area contributed by atoms with Gasteiger partial charge in [-0.2, -0.15) is 17.6 Å². The van der Waals surface area contributed by atoms with Crippen LogP contribution >= 0.6 is 0 Å². The molecule has 0 bridgehead atoms. The lowest BCUT2D eigenvalue weighted by Gasteiger charge is -2.27. The molecule has 2 aromatic carbocycles. The summed E-state index contributed by atoms with van der Waals surface area (Å²) >= 11 is 0. The zero-order valence-corrected chi connectivity index (χ0v) is 18.8. The summed E-state index contributed by atoms with van der Waals surface area (Å²) in [6.45, 7) is 1.08. The van der Waals surface area contributed by atoms with Crippen LogP contribution in [-0.4, -0.2) is 48.6 Å². The van der Waals surface area contributed by atoms with Gasteiger partial charge < -0.3 is 9.84 Å². The van der Waals surface area contributed by atoms with E-state index in [9.17, 15) is 32.3 Å². The van der Waals surface area contributed by atoms with Crippen LogP contribution in [-0.2, 0) is 36.8 Å². The van der Waals surface area contributed by atoms with Crippen molar-refractivity contribution in [2.45, 2.75) is 38.5 Å². The van der Waals surface area contributed by atoms with Crippen molar-refractivity contribution >= 4 is 24.5 Å². The minimum absolute atomic E-state index is 0.0880. The molecule has 0 saturated heterocycles. The molecule has 2 aromatic rings. The zero-order chi connectivity index (χ0) is 26.4. The maximum absolute atomic E-state index is 12.3. The van der Waals surface area contributed by atoms with Crippen LogP contribution in [0.3, 0.4) is 0 Å². The molecule has 0 spiro atoms. The van der Waals surface area contributed by atoms with Crippen molar-refractivity contribution in [3.8, 4) is 0 Å². The Hall–Kier alpha value is -3.56. The van der Waals surface area contributed by atoms with Crippen LogP contribution in [0.2, 0.25) is 0 Å². The molecule has 186 valence electrons. The number of aldehydes is 2. The van der Waals surface area contributed by atoms with E-state index >= 15 is 0 Å². The summed E-state index contributed by atoms with van der Waals surface area (Å²) in [4.78, 5) is 42.4. The van der Waals surface area contributed by atoms with Gasteiger partial charge in [0.05, 0.1) is 7.11 Å². The minimum atomic E-state index is -3.14. The number of benzene rings is 2.